The third-order valence-electron chi connectivity index (χ3n) is 3.62. The Kier molecular flexibility index (Phi) is 4.27. The molecule has 0 aliphatic rings. The molecule has 0 aliphatic heterocycles. The fourth-order valence-corrected chi connectivity index (χ4v) is 2.56. The third-order valence-corrected chi connectivity index (χ3v) is 3.96. The van der Waals surface area contributed by atoms with Crippen LogP contribution in [0, 0.1) is 13.8 Å². The van der Waals surface area contributed by atoms with Gasteiger partial charge in [0.2, 0.25) is 0 Å². The summed E-state index contributed by atoms with van der Waals surface area (Å²) >= 11 is 6.21. The Labute approximate surface area is 119 Å². The highest BCUT2D eigenvalue weighted by Crippen LogP contribution is 2.23. The number of hydrogen-bond donors (Lipinski definition) is 1. The Balaban J connectivity index is 2.09. The number of hydrogen-bond acceptors (Lipinski definition) is 2. The molecular weight excluding hydrogens is 258 g/mol. The van der Waals surface area contributed by atoms with Crippen molar-refractivity contribution in [2.24, 2.45) is 7.05 Å². The lowest BCUT2D eigenvalue weighted by molar-refractivity contribution is 0.571. The predicted molar refractivity (Wildman–Crippen MR) is 79.4 cm³/mol. The number of halogens is 1. The number of rotatable bonds is 4. The Morgan fingerprint density at radius 1 is 1.32 bits per heavy atom. The number of nitrogens with zero attached hydrogens (tertiary/aromatic N) is 2. The van der Waals surface area contributed by atoms with E-state index in [4.69, 9.17) is 11.6 Å². The van der Waals surface area contributed by atoms with Crippen molar-refractivity contribution in [3.8, 4) is 0 Å². The molecule has 1 aromatic heterocycles. The van der Waals surface area contributed by atoms with Crippen LogP contribution in [-0.4, -0.2) is 9.78 Å². The molecule has 1 aromatic carbocycles. The molecule has 19 heavy (non-hydrogen) atoms. The summed E-state index contributed by atoms with van der Waals surface area (Å²) in [6.07, 6.45) is 0. The summed E-state index contributed by atoms with van der Waals surface area (Å²) in [5.41, 5.74) is 4.68. The molecule has 0 bridgehead atoms. The molecule has 0 aliphatic carbocycles. The van der Waals surface area contributed by atoms with Gasteiger partial charge in [0.05, 0.1) is 5.69 Å². The van der Waals surface area contributed by atoms with Gasteiger partial charge in [0, 0.05) is 35.9 Å². The van der Waals surface area contributed by atoms with E-state index in [1.807, 2.05) is 36.9 Å². The van der Waals surface area contributed by atoms with E-state index in [-0.39, 0.29) is 6.04 Å². The number of nitrogens with one attached hydrogen (secondary N) is 1. The first-order chi connectivity index (χ1) is 9.00. The van der Waals surface area contributed by atoms with Gasteiger partial charge in [0.15, 0.2) is 0 Å². The van der Waals surface area contributed by atoms with E-state index >= 15 is 0 Å². The zero-order valence-corrected chi connectivity index (χ0v) is 12.6. The first-order valence-corrected chi connectivity index (χ1v) is 6.85. The zero-order chi connectivity index (χ0) is 14.0. The maximum absolute atomic E-state index is 6.21. The largest absolute Gasteiger partial charge is 0.306 e. The summed E-state index contributed by atoms with van der Waals surface area (Å²) in [7, 11) is 1.98. The average molecular weight is 278 g/mol. The van der Waals surface area contributed by atoms with Gasteiger partial charge in [0.1, 0.15) is 0 Å². The molecule has 3 nitrogen and oxygen atoms in total. The minimum Gasteiger partial charge on any atom is -0.306 e. The van der Waals surface area contributed by atoms with Crippen LogP contribution in [-0.2, 0) is 13.6 Å². The maximum Gasteiger partial charge on any atom is 0.0641 e. The van der Waals surface area contributed by atoms with Gasteiger partial charge in [-0.05, 0) is 32.4 Å². The van der Waals surface area contributed by atoms with Crippen molar-refractivity contribution in [3.63, 3.8) is 0 Å². The van der Waals surface area contributed by atoms with Gasteiger partial charge in [-0.2, -0.15) is 5.10 Å². The lowest BCUT2D eigenvalue weighted by Crippen LogP contribution is -2.19. The first-order valence-electron chi connectivity index (χ1n) is 6.47. The first kappa shape index (κ1) is 14.1. The molecule has 2 rings (SSSR count). The van der Waals surface area contributed by atoms with Crippen molar-refractivity contribution in [3.05, 3.63) is 51.8 Å². The number of benzene rings is 1. The molecule has 0 radical (unpaired) electrons. The highest BCUT2D eigenvalue weighted by atomic mass is 35.5. The van der Waals surface area contributed by atoms with Crippen LogP contribution in [0.4, 0.5) is 0 Å². The van der Waals surface area contributed by atoms with Gasteiger partial charge in [-0.3, -0.25) is 4.68 Å². The molecule has 2 aromatic rings. The van der Waals surface area contributed by atoms with Crippen LogP contribution in [0.5, 0.6) is 0 Å². The number of aryl methyl sites for hydroxylation is 2. The molecule has 0 fully saturated rings. The summed E-state index contributed by atoms with van der Waals surface area (Å²) in [4.78, 5) is 0. The van der Waals surface area contributed by atoms with E-state index in [9.17, 15) is 0 Å². The second kappa shape index (κ2) is 5.76. The van der Waals surface area contributed by atoms with Crippen LogP contribution in [0.25, 0.3) is 0 Å². The Hall–Kier alpha value is -1.32. The highest BCUT2D eigenvalue weighted by molar-refractivity contribution is 6.31. The fourth-order valence-electron chi connectivity index (χ4n) is 2.26. The molecule has 0 amide bonds. The second-order valence-corrected chi connectivity index (χ2v) is 5.30. The van der Waals surface area contributed by atoms with Gasteiger partial charge >= 0.3 is 0 Å². The van der Waals surface area contributed by atoms with E-state index < -0.39 is 0 Å². The molecule has 1 N–H and O–H groups in total. The highest BCUT2D eigenvalue weighted by Gasteiger charge is 2.12. The molecule has 0 saturated heterocycles. The van der Waals surface area contributed by atoms with Crippen LogP contribution in [0.15, 0.2) is 24.3 Å². The van der Waals surface area contributed by atoms with Crippen molar-refractivity contribution in [1.82, 2.24) is 15.1 Å². The fraction of sp³-hybridized carbons (Fsp3) is 0.400. The predicted octanol–water partition coefficient (Wildman–Crippen LogP) is 3.54. The van der Waals surface area contributed by atoms with Crippen LogP contribution in [0.1, 0.15) is 35.5 Å². The van der Waals surface area contributed by atoms with Crippen molar-refractivity contribution < 1.29 is 0 Å². The van der Waals surface area contributed by atoms with Crippen LogP contribution >= 0.6 is 11.6 Å². The topological polar surface area (TPSA) is 29.9 Å². The van der Waals surface area contributed by atoms with Crippen LogP contribution in [0.2, 0.25) is 5.02 Å². The molecule has 1 heterocycles. The molecule has 0 unspecified atom stereocenters. The van der Waals surface area contributed by atoms with Crippen molar-refractivity contribution in [2.45, 2.75) is 33.4 Å². The lowest BCUT2D eigenvalue weighted by Gasteiger charge is -2.15. The Morgan fingerprint density at radius 3 is 2.58 bits per heavy atom. The van der Waals surface area contributed by atoms with Gasteiger partial charge in [-0.25, -0.2) is 0 Å². The number of aromatic nitrogens is 2. The molecule has 0 spiro atoms. The molecule has 1 atom stereocenters. The monoisotopic (exact) mass is 277 g/mol. The minimum absolute atomic E-state index is 0.215. The summed E-state index contributed by atoms with van der Waals surface area (Å²) in [5, 5.41) is 8.75. The third kappa shape index (κ3) is 2.99. The maximum atomic E-state index is 6.21. The zero-order valence-electron chi connectivity index (χ0n) is 11.9. The summed E-state index contributed by atoms with van der Waals surface area (Å²) in [6, 6.07) is 8.17. The van der Waals surface area contributed by atoms with Gasteiger partial charge in [-0.1, -0.05) is 29.8 Å². The van der Waals surface area contributed by atoms with E-state index in [1.54, 1.807) is 0 Å². The van der Waals surface area contributed by atoms with Crippen molar-refractivity contribution in [1.29, 1.82) is 0 Å². The van der Waals surface area contributed by atoms with Crippen LogP contribution in [0.3, 0.4) is 0 Å². The minimum atomic E-state index is 0.215. The van der Waals surface area contributed by atoms with Crippen molar-refractivity contribution >= 4 is 11.6 Å². The normalized spacial score (nSPS) is 12.7. The van der Waals surface area contributed by atoms with Gasteiger partial charge < -0.3 is 5.32 Å². The second-order valence-electron chi connectivity index (χ2n) is 4.90. The quantitative estimate of drug-likeness (QED) is 0.926. The van der Waals surface area contributed by atoms with Crippen LogP contribution < -0.4 is 5.32 Å². The smallest absolute Gasteiger partial charge is 0.0641 e. The van der Waals surface area contributed by atoms with Gasteiger partial charge in [-0.15, -0.1) is 0 Å². The summed E-state index contributed by atoms with van der Waals surface area (Å²) < 4.78 is 1.92. The standard InChI is InChI=1S/C15H20ClN3/c1-10(13-7-5-6-8-15(13)16)17-9-14-11(2)18-19(4)12(14)3/h5-8,10,17H,9H2,1-4H3/t10-/m1/s1. The molecule has 102 valence electrons. The SMILES string of the molecule is Cc1nn(C)c(C)c1CN[C@H](C)c1ccccc1Cl. The van der Waals surface area contributed by atoms with E-state index in [2.05, 4.69) is 30.3 Å². The van der Waals surface area contributed by atoms with Crippen molar-refractivity contribution in [2.75, 3.05) is 0 Å². The molecule has 4 heteroatoms. The lowest BCUT2D eigenvalue weighted by atomic mass is 10.1. The van der Waals surface area contributed by atoms with E-state index in [1.165, 1.54) is 11.3 Å². The Morgan fingerprint density at radius 2 is 2.00 bits per heavy atom. The molecule has 0 saturated carbocycles. The van der Waals surface area contributed by atoms with E-state index in [0.717, 1.165) is 22.8 Å². The summed E-state index contributed by atoms with van der Waals surface area (Å²) in [5.74, 6) is 0. The average Bonchev–Trinajstić information content (AvgIpc) is 2.61. The van der Waals surface area contributed by atoms with Gasteiger partial charge in [0.25, 0.3) is 0 Å². The molecular formula is C15H20ClN3. The van der Waals surface area contributed by atoms with E-state index in [0.29, 0.717) is 0 Å². The Bertz CT molecular complexity index is 575. The summed E-state index contributed by atoms with van der Waals surface area (Å²) in [6.45, 7) is 7.07.